The molecule has 0 bridgehead atoms. The number of nitrogens with one attached hydrogen (secondary N) is 1. The molecular formula is C17H22N2O5S. The van der Waals surface area contributed by atoms with Gasteiger partial charge in [-0.1, -0.05) is 6.07 Å². The predicted molar refractivity (Wildman–Crippen MR) is 94.8 cm³/mol. The van der Waals surface area contributed by atoms with E-state index in [1.54, 1.807) is 21.1 Å². The molecule has 136 valence electrons. The molecule has 25 heavy (non-hydrogen) atoms. The number of aromatic nitrogens is 1. The van der Waals surface area contributed by atoms with E-state index >= 15 is 0 Å². The number of methoxy groups -OCH3 is 2. The van der Waals surface area contributed by atoms with E-state index in [9.17, 15) is 9.00 Å². The first kappa shape index (κ1) is 19.1. The standard InChI is InChI=1S/C17H22N2O5S/c1-12-15(10-25(21)11-16(20)18-7-8-22-2)19-17(24-12)13-5-4-6-14(9-13)23-3/h4-6,9H,7-8,10-11H2,1-3H3,(H,18,20)/t25-/m1/s1. The second-order valence-corrected chi connectivity index (χ2v) is 6.78. The van der Waals surface area contributed by atoms with E-state index < -0.39 is 10.8 Å². The highest BCUT2D eigenvalue weighted by molar-refractivity contribution is 7.84. The highest BCUT2D eigenvalue weighted by atomic mass is 32.2. The molecule has 2 aromatic rings. The molecule has 8 heteroatoms. The van der Waals surface area contributed by atoms with Crippen LogP contribution in [0.5, 0.6) is 5.75 Å². The van der Waals surface area contributed by atoms with Gasteiger partial charge in [-0.15, -0.1) is 0 Å². The summed E-state index contributed by atoms with van der Waals surface area (Å²) in [5.41, 5.74) is 1.36. The highest BCUT2D eigenvalue weighted by Crippen LogP contribution is 2.25. The predicted octanol–water partition coefficient (Wildman–Crippen LogP) is 1.67. The van der Waals surface area contributed by atoms with Crippen LogP contribution >= 0.6 is 0 Å². The molecule has 2 rings (SSSR count). The highest BCUT2D eigenvalue weighted by Gasteiger charge is 2.16. The molecule has 0 fully saturated rings. The molecule has 0 saturated carbocycles. The molecule has 1 amide bonds. The zero-order chi connectivity index (χ0) is 18.2. The molecule has 0 radical (unpaired) electrons. The van der Waals surface area contributed by atoms with Gasteiger partial charge in [0.1, 0.15) is 17.3 Å². The second kappa shape index (κ2) is 9.33. The van der Waals surface area contributed by atoms with Crippen molar-refractivity contribution < 1.29 is 22.9 Å². The third-order valence-electron chi connectivity index (χ3n) is 3.43. The molecule has 1 atom stereocenters. The van der Waals surface area contributed by atoms with Gasteiger partial charge in [0.05, 0.1) is 25.2 Å². The molecule has 0 saturated heterocycles. The fourth-order valence-electron chi connectivity index (χ4n) is 2.13. The average molecular weight is 366 g/mol. The molecule has 0 unspecified atom stereocenters. The van der Waals surface area contributed by atoms with Crippen LogP contribution in [0.2, 0.25) is 0 Å². The van der Waals surface area contributed by atoms with Gasteiger partial charge in [0.2, 0.25) is 11.8 Å². The summed E-state index contributed by atoms with van der Waals surface area (Å²) >= 11 is 0. The molecule has 0 aliphatic carbocycles. The SMILES string of the molecule is COCCNC(=O)C[S@](=O)Cc1nc(-c2cccc(OC)c2)oc1C. The van der Waals surface area contributed by atoms with Crippen molar-refractivity contribution >= 4 is 16.7 Å². The summed E-state index contributed by atoms with van der Waals surface area (Å²) in [6.45, 7) is 2.59. The Morgan fingerprint density at radius 2 is 2.16 bits per heavy atom. The normalized spacial score (nSPS) is 12.0. The van der Waals surface area contributed by atoms with Crippen molar-refractivity contribution in [3.63, 3.8) is 0 Å². The van der Waals surface area contributed by atoms with Crippen molar-refractivity contribution in [1.29, 1.82) is 0 Å². The lowest BCUT2D eigenvalue weighted by Gasteiger charge is -2.04. The first-order valence-electron chi connectivity index (χ1n) is 7.74. The van der Waals surface area contributed by atoms with E-state index in [2.05, 4.69) is 10.3 Å². The second-order valence-electron chi connectivity index (χ2n) is 5.33. The monoisotopic (exact) mass is 366 g/mol. The van der Waals surface area contributed by atoms with E-state index in [-0.39, 0.29) is 17.4 Å². The van der Waals surface area contributed by atoms with Crippen LogP contribution in [0.25, 0.3) is 11.5 Å². The summed E-state index contributed by atoms with van der Waals surface area (Å²) < 4.78 is 27.9. The van der Waals surface area contributed by atoms with Crippen molar-refractivity contribution in [2.24, 2.45) is 0 Å². The Morgan fingerprint density at radius 1 is 1.36 bits per heavy atom. The minimum Gasteiger partial charge on any atom is -0.497 e. The molecule has 0 spiro atoms. The van der Waals surface area contributed by atoms with Crippen LogP contribution in [-0.4, -0.2) is 48.2 Å². The van der Waals surface area contributed by atoms with Crippen LogP contribution in [-0.2, 0) is 26.1 Å². The van der Waals surface area contributed by atoms with Gasteiger partial charge < -0.3 is 19.2 Å². The van der Waals surface area contributed by atoms with Crippen LogP contribution in [0.3, 0.4) is 0 Å². The van der Waals surface area contributed by atoms with Crippen LogP contribution in [0.4, 0.5) is 0 Å². The van der Waals surface area contributed by atoms with E-state index in [0.717, 1.165) is 5.56 Å². The molecule has 1 N–H and O–H groups in total. The maximum atomic E-state index is 12.2. The number of carbonyl (C=O) groups excluding carboxylic acids is 1. The van der Waals surface area contributed by atoms with Gasteiger partial charge in [-0.2, -0.15) is 0 Å². The van der Waals surface area contributed by atoms with E-state index in [1.807, 2.05) is 24.3 Å². The molecule has 1 aromatic carbocycles. The van der Waals surface area contributed by atoms with E-state index in [4.69, 9.17) is 13.9 Å². The van der Waals surface area contributed by atoms with Gasteiger partial charge in [-0.05, 0) is 25.1 Å². The number of nitrogens with zero attached hydrogens (tertiary/aromatic N) is 1. The Hall–Kier alpha value is -2.19. The molecular weight excluding hydrogens is 344 g/mol. The fourth-order valence-corrected chi connectivity index (χ4v) is 3.20. The number of aryl methyl sites for hydroxylation is 1. The summed E-state index contributed by atoms with van der Waals surface area (Å²) in [6, 6.07) is 7.35. The van der Waals surface area contributed by atoms with Gasteiger partial charge in [0.25, 0.3) is 0 Å². The molecule has 0 aliphatic rings. The van der Waals surface area contributed by atoms with Gasteiger partial charge in [-0.3, -0.25) is 9.00 Å². The maximum absolute atomic E-state index is 12.2. The number of rotatable bonds is 9. The average Bonchev–Trinajstić information content (AvgIpc) is 2.95. The van der Waals surface area contributed by atoms with Crippen molar-refractivity contribution in [3.8, 4) is 17.2 Å². The summed E-state index contributed by atoms with van der Waals surface area (Å²) in [7, 11) is 1.78. The van der Waals surface area contributed by atoms with Crippen LogP contribution in [0.1, 0.15) is 11.5 Å². The zero-order valence-corrected chi connectivity index (χ0v) is 15.4. The Labute approximate surface area is 149 Å². The third-order valence-corrected chi connectivity index (χ3v) is 4.61. The van der Waals surface area contributed by atoms with Gasteiger partial charge in [0, 0.05) is 30.0 Å². The van der Waals surface area contributed by atoms with Crippen LogP contribution in [0, 0.1) is 6.92 Å². The van der Waals surface area contributed by atoms with Crippen molar-refractivity contribution in [2.45, 2.75) is 12.7 Å². The van der Waals surface area contributed by atoms with Crippen molar-refractivity contribution in [3.05, 3.63) is 35.7 Å². The molecule has 1 heterocycles. The van der Waals surface area contributed by atoms with Gasteiger partial charge >= 0.3 is 0 Å². The van der Waals surface area contributed by atoms with Crippen molar-refractivity contribution in [1.82, 2.24) is 10.3 Å². The number of hydrogen-bond acceptors (Lipinski definition) is 6. The first-order chi connectivity index (χ1) is 12.0. The fraction of sp³-hybridized carbons (Fsp3) is 0.412. The Kier molecular flexibility index (Phi) is 7.15. The largest absolute Gasteiger partial charge is 0.497 e. The third kappa shape index (κ3) is 5.68. The lowest BCUT2D eigenvalue weighted by molar-refractivity contribution is -0.118. The Balaban J connectivity index is 2.00. The minimum atomic E-state index is -1.37. The summed E-state index contributed by atoms with van der Waals surface area (Å²) in [4.78, 5) is 16.1. The van der Waals surface area contributed by atoms with Crippen molar-refractivity contribution in [2.75, 3.05) is 33.1 Å². The van der Waals surface area contributed by atoms with E-state index in [0.29, 0.717) is 36.2 Å². The Morgan fingerprint density at radius 3 is 2.88 bits per heavy atom. The number of amides is 1. The summed E-state index contributed by atoms with van der Waals surface area (Å²) in [6.07, 6.45) is 0. The number of carbonyl (C=O) groups is 1. The molecule has 1 aromatic heterocycles. The topological polar surface area (TPSA) is 90.7 Å². The maximum Gasteiger partial charge on any atom is 0.232 e. The molecule has 0 aliphatic heterocycles. The number of hydrogen-bond donors (Lipinski definition) is 1. The minimum absolute atomic E-state index is 0.0789. The van der Waals surface area contributed by atoms with Crippen LogP contribution < -0.4 is 10.1 Å². The van der Waals surface area contributed by atoms with Crippen LogP contribution in [0.15, 0.2) is 28.7 Å². The lowest BCUT2D eigenvalue weighted by Crippen LogP contribution is -2.31. The quantitative estimate of drug-likeness (QED) is 0.679. The first-order valence-corrected chi connectivity index (χ1v) is 9.23. The van der Waals surface area contributed by atoms with Gasteiger partial charge in [0.15, 0.2) is 0 Å². The summed E-state index contributed by atoms with van der Waals surface area (Å²) in [5, 5.41) is 2.64. The molecule has 7 nitrogen and oxygen atoms in total. The Bertz CT molecular complexity index is 744. The number of oxazole rings is 1. The van der Waals surface area contributed by atoms with Gasteiger partial charge in [-0.25, -0.2) is 4.98 Å². The number of benzene rings is 1. The lowest BCUT2D eigenvalue weighted by atomic mass is 10.2. The summed E-state index contributed by atoms with van der Waals surface area (Å²) in [5.74, 6) is 1.54. The van der Waals surface area contributed by atoms with E-state index in [1.165, 1.54) is 0 Å². The zero-order valence-electron chi connectivity index (χ0n) is 14.5. The number of ether oxygens (including phenoxy) is 2. The smallest absolute Gasteiger partial charge is 0.232 e.